The van der Waals surface area contributed by atoms with Crippen LogP contribution in [-0.4, -0.2) is 0 Å². The first-order chi connectivity index (χ1) is 31.0. The Bertz CT molecular complexity index is 3150. The quantitative estimate of drug-likeness (QED) is 0.159. The molecule has 3 aliphatic carbocycles. The van der Waals surface area contributed by atoms with Crippen LogP contribution >= 0.6 is 0 Å². The van der Waals surface area contributed by atoms with Gasteiger partial charge < -0.3 is 9.32 Å². The van der Waals surface area contributed by atoms with Gasteiger partial charge in [0.15, 0.2) is 0 Å². The van der Waals surface area contributed by atoms with Gasteiger partial charge in [-0.3, -0.25) is 0 Å². The number of hydrogen-bond donors (Lipinski definition) is 0. The summed E-state index contributed by atoms with van der Waals surface area (Å²) in [6, 6.07) is 61.9. The lowest BCUT2D eigenvalue weighted by molar-refractivity contribution is 0.443. The zero-order valence-corrected chi connectivity index (χ0v) is 36.7. The molecule has 2 saturated carbocycles. The first kappa shape index (κ1) is 38.3. The van der Waals surface area contributed by atoms with E-state index < -0.39 is 0 Å². The predicted octanol–water partition coefficient (Wildman–Crippen LogP) is 17.9. The van der Waals surface area contributed by atoms with Crippen molar-refractivity contribution in [3.8, 4) is 33.4 Å². The van der Waals surface area contributed by atoms with Gasteiger partial charge in [-0.1, -0.05) is 180 Å². The molecule has 9 aromatic rings. The molecular formula is C61H55NO. The van der Waals surface area contributed by atoms with Gasteiger partial charge >= 0.3 is 0 Å². The number of rotatable bonds is 7. The molecule has 63 heavy (non-hydrogen) atoms. The largest absolute Gasteiger partial charge is 0.455 e. The number of nitrogens with zero attached hydrogens (tertiary/aromatic N) is 1. The highest BCUT2D eigenvalue weighted by molar-refractivity contribution is 6.15. The second-order valence-corrected chi connectivity index (χ2v) is 19.3. The molecule has 3 aliphatic rings. The van der Waals surface area contributed by atoms with E-state index in [0.717, 1.165) is 44.6 Å². The molecule has 1 heterocycles. The minimum absolute atomic E-state index is 0.0854. The van der Waals surface area contributed by atoms with Crippen LogP contribution < -0.4 is 4.90 Å². The van der Waals surface area contributed by atoms with Crippen molar-refractivity contribution in [1.29, 1.82) is 0 Å². The SMILES string of the molecule is CC1(C)c2ccc(N(c3ccc(-c4ccc(C5CCCCC5)cc4)cc3)c3ccc4ccccc4c3-c3cccc4c3oc3ccccc34)cc2-c2c(C3CCCCC3)cccc21. The highest BCUT2D eigenvalue weighted by Crippen LogP contribution is 2.55. The Hall–Kier alpha value is -6.38. The van der Waals surface area contributed by atoms with Crippen LogP contribution in [-0.2, 0) is 5.41 Å². The van der Waals surface area contributed by atoms with E-state index in [-0.39, 0.29) is 5.41 Å². The number of anilines is 3. The fourth-order valence-electron chi connectivity index (χ4n) is 12.0. The van der Waals surface area contributed by atoms with Crippen LogP contribution in [0.25, 0.3) is 66.1 Å². The van der Waals surface area contributed by atoms with Crippen molar-refractivity contribution in [2.75, 3.05) is 4.90 Å². The minimum atomic E-state index is -0.0854. The van der Waals surface area contributed by atoms with Crippen molar-refractivity contribution in [2.24, 2.45) is 0 Å². The van der Waals surface area contributed by atoms with Gasteiger partial charge in [0.1, 0.15) is 11.2 Å². The van der Waals surface area contributed by atoms with Gasteiger partial charge in [0, 0.05) is 38.7 Å². The van der Waals surface area contributed by atoms with Gasteiger partial charge in [-0.2, -0.15) is 0 Å². The maximum Gasteiger partial charge on any atom is 0.143 e. The molecule has 2 heteroatoms. The highest BCUT2D eigenvalue weighted by atomic mass is 16.3. The van der Waals surface area contributed by atoms with Crippen molar-refractivity contribution in [3.05, 3.63) is 186 Å². The molecule has 2 nitrogen and oxygen atoms in total. The smallest absolute Gasteiger partial charge is 0.143 e. The Labute approximate surface area is 372 Å². The third kappa shape index (κ3) is 6.44. The van der Waals surface area contributed by atoms with E-state index in [0.29, 0.717) is 11.8 Å². The molecule has 2 fully saturated rings. The Kier molecular flexibility index (Phi) is 9.40. The molecule has 0 N–H and O–H groups in total. The normalized spacial score (nSPS) is 16.4. The van der Waals surface area contributed by atoms with Crippen LogP contribution in [0.2, 0.25) is 0 Å². The highest BCUT2D eigenvalue weighted by Gasteiger charge is 2.38. The predicted molar refractivity (Wildman–Crippen MR) is 266 cm³/mol. The maximum atomic E-state index is 6.82. The summed E-state index contributed by atoms with van der Waals surface area (Å²) in [5.41, 5.74) is 18.7. The van der Waals surface area contributed by atoms with Crippen molar-refractivity contribution >= 4 is 49.8 Å². The summed E-state index contributed by atoms with van der Waals surface area (Å²) >= 11 is 0. The van der Waals surface area contributed by atoms with E-state index in [4.69, 9.17) is 4.42 Å². The molecule has 310 valence electrons. The summed E-state index contributed by atoms with van der Waals surface area (Å²) < 4.78 is 6.82. The number of furan rings is 1. The van der Waals surface area contributed by atoms with E-state index in [1.54, 1.807) is 5.56 Å². The molecule has 8 aromatic carbocycles. The summed E-state index contributed by atoms with van der Waals surface area (Å²) in [5, 5.41) is 4.69. The lowest BCUT2D eigenvalue weighted by atomic mass is 9.78. The molecule has 0 unspecified atom stereocenters. The van der Waals surface area contributed by atoms with Crippen molar-refractivity contribution in [3.63, 3.8) is 0 Å². The zero-order valence-electron chi connectivity index (χ0n) is 36.7. The third-order valence-electron chi connectivity index (χ3n) is 15.3. The van der Waals surface area contributed by atoms with Gasteiger partial charge in [-0.15, -0.1) is 0 Å². The van der Waals surface area contributed by atoms with Crippen molar-refractivity contribution in [1.82, 2.24) is 0 Å². The van der Waals surface area contributed by atoms with Gasteiger partial charge in [0.05, 0.1) is 5.69 Å². The Morgan fingerprint density at radius 3 is 1.90 bits per heavy atom. The number of para-hydroxylation sites is 2. The van der Waals surface area contributed by atoms with Gasteiger partial charge in [0.2, 0.25) is 0 Å². The second kappa shape index (κ2) is 15.5. The third-order valence-corrected chi connectivity index (χ3v) is 15.3. The van der Waals surface area contributed by atoms with E-state index >= 15 is 0 Å². The van der Waals surface area contributed by atoms with E-state index in [2.05, 4.69) is 183 Å². The van der Waals surface area contributed by atoms with Crippen LogP contribution in [0.3, 0.4) is 0 Å². The van der Waals surface area contributed by atoms with Gasteiger partial charge in [0.25, 0.3) is 0 Å². The molecule has 12 rings (SSSR count). The topological polar surface area (TPSA) is 16.4 Å². The summed E-state index contributed by atoms with van der Waals surface area (Å²) in [4.78, 5) is 2.52. The average molecular weight is 818 g/mol. The molecule has 0 bridgehead atoms. The van der Waals surface area contributed by atoms with Crippen molar-refractivity contribution < 1.29 is 4.42 Å². The summed E-state index contributed by atoms with van der Waals surface area (Å²) in [6.07, 6.45) is 13.3. The molecule has 0 radical (unpaired) electrons. The minimum Gasteiger partial charge on any atom is -0.455 e. The summed E-state index contributed by atoms with van der Waals surface area (Å²) in [5.74, 6) is 1.31. The fraction of sp³-hybridized carbons (Fsp3) is 0.246. The lowest BCUT2D eigenvalue weighted by Crippen LogP contribution is -2.16. The zero-order chi connectivity index (χ0) is 42.1. The number of hydrogen-bond acceptors (Lipinski definition) is 2. The number of benzene rings is 8. The second-order valence-electron chi connectivity index (χ2n) is 19.3. The summed E-state index contributed by atoms with van der Waals surface area (Å²) in [7, 11) is 0. The number of fused-ring (bicyclic) bond motifs is 7. The Balaban J connectivity index is 1.06. The Morgan fingerprint density at radius 2 is 1.13 bits per heavy atom. The first-order valence-electron chi connectivity index (χ1n) is 23.7. The molecule has 0 saturated heterocycles. The van der Waals surface area contributed by atoms with E-state index in [9.17, 15) is 0 Å². The van der Waals surface area contributed by atoms with Gasteiger partial charge in [-0.05, 0) is 129 Å². The molecule has 0 atom stereocenters. The standard InChI is InChI=1S/C61H55NO/c1-61(2)54-37-36-47(39-53(54)58-48(22-14-25-55(58)61)44-17-7-4-8-18-44)62(46-34-31-43(32-35-46)42-29-27-41(28-30-42)40-15-5-3-6-16-40)56-38-33-45-19-9-10-20-49(45)59(56)52-24-13-23-51-50-21-11-12-26-57(50)63-60(51)52/h9-14,19-40,44H,3-8,15-18H2,1-2H3. The van der Waals surface area contributed by atoms with E-state index in [1.165, 1.54) is 119 Å². The molecule has 0 aliphatic heterocycles. The maximum absolute atomic E-state index is 6.82. The van der Waals surface area contributed by atoms with Crippen LogP contribution in [0, 0.1) is 0 Å². The Morgan fingerprint density at radius 1 is 0.476 bits per heavy atom. The summed E-state index contributed by atoms with van der Waals surface area (Å²) in [6.45, 7) is 4.85. The molecule has 1 aromatic heterocycles. The molecular weight excluding hydrogens is 763 g/mol. The van der Waals surface area contributed by atoms with Gasteiger partial charge in [-0.25, -0.2) is 0 Å². The average Bonchev–Trinajstić information content (AvgIpc) is 3.84. The van der Waals surface area contributed by atoms with Crippen LogP contribution in [0.4, 0.5) is 17.1 Å². The van der Waals surface area contributed by atoms with Crippen LogP contribution in [0.1, 0.15) is 112 Å². The van der Waals surface area contributed by atoms with Crippen molar-refractivity contribution in [2.45, 2.75) is 95.3 Å². The van der Waals surface area contributed by atoms with Crippen LogP contribution in [0.5, 0.6) is 0 Å². The van der Waals surface area contributed by atoms with E-state index in [1.807, 2.05) is 0 Å². The van der Waals surface area contributed by atoms with Crippen LogP contribution in [0.15, 0.2) is 168 Å². The monoisotopic (exact) mass is 817 g/mol. The molecule has 0 amide bonds. The molecule has 0 spiro atoms. The first-order valence-corrected chi connectivity index (χ1v) is 23.7. The lowest BCUT2D eigenvalue weighted by Gasteiger charge is -2.30. The fourth-order valence-corrected chi connectivity index (χ4v) is 12.0.